The van der Waals surface area contributed by atoms with Crippen LogP contribution in [0.4, 0.5) is 28.9 Å². The molecule has 0 aromatic heterocycles. The fourth-order valence-electron chi connectivity index (χ4n) is 3.40. The first-order valence-electron chi connectivity index (χ1n) is 10.4. The van der Waals surface area contributed by atoms with Gasteiger partial charge < -0.3 is 10.6 Å². The Hall–Kier alpha value is -3.85. The summed E-state index contributed by atoms with van der Waals surface area (Å²) in [6.45, 7) is 0. The summed E-state index contributed by atoms with van der Waals surface area (Å²) in [5, 5.41) is 6.58. The van der Waals surface area contributed by atoms with Crippen LogP contribution in [0.1, 0.15) is 15.9 Å². The summed E-state index contributed by atoms with van der Waals surface area (Å²) in [5.74, 6) is -2.40. The minimum atomic E-state index is -4.80. The van der Waals surface area contributed by atoms with Gasteiger partial charge in [-0.2, -0.15) is 13.2 Å². The number of halogens is 4. The Kier molecular flexibility index (Phi) is 7.07. The van der Waals surface area contributed by atoms with Crippen molar-refractivity contribution >= 4 is 45.7 Å². The third-order valence-corrected chi connectivity index (χ3v) is 6.06. The maximum Gasteiger partial charge on any atom is 0.418 e. The molecule has 4 nitrogen and oxygen atoms in total. The zero-order valence-electron chi connectivity index (χ0n) is 18.0. The highest BCUT2D eigenvalue weighted by Gasteiger charge is 2.34. The van der Waals surface area contributed by atoms with E-state index in [9.17, 15) is 27.2 Å². The van der Waals surface area contributed by atoms with Gasteiger partial charge in [0.1, 0.15) is 5.82 Å². The van der Waals surface area contributed by atoms with E-state index in [1.54, 1.807) is 0 Å². The van der Waals surface area contributed by atoms with Crippen molar-refractivity contribution in [3.63, 3.8) is 0 Å². The zero-order valence-corrected chi connectivity index (χ0v) is 18.8. The maximum absolute atomic E-state index is 13.8. The Morgan fingerprint density at radius 1 is 0.800 bits per heavy atom. The average Bonchev–Trinajstić information content (AvgIpc) is 2.83. The SMILES string of the molecule is O=C(CSc1ccc2ccccc2c1)Nc1ccc(NC(=O)c2ccccc2F)cc1C(F)(F)F. The summed E-state index contributed by atoms with van der Waals surface area (Å²) >= 11 is 1.20. The molecular weight excluding hydrogens is 480 g/mol. The van der Waals surface area contributed by atoms with Crippen LogP contribution in [0.3, 0.4) is 0 Å². The fourth-order valence-corrected chi connectivity index (χ4v) is 4.15. The second-order valence-electron chi connectivity index (χ2n) is 7.54. The quantitative estimate of drug-likeness (QED) is 0.223. The number of benzene rings is 4. The van der Waals surface area contributed by atoms with Crippen LogP contribution in [0.2, 0.25) is 0 Å². The number of anilines is 2. The van der Waals surface area contributed by atoms with Crippen LogP contribution < -0.4 is 10.6 Å². The van der Waals surface area contributed by atoms with Crippen LogP contribution in [0.5, 0.6) is 0 Å². The number of fused-ring (bicyclic) bond motifs is 1. The van der Waals surface area contributed by atoms with Crippen molar-refractivity contribution in [2.24, 2.45) is 0 Å². The maximum atomic E-state index is 13.8. The molecule has 4 aromatic carbocycles. The Morgan fingerprint density at radius 2 is 1.51 bits per heavy atom. The van der Waals surface area contributed by atoms with Gasteiger partial charge in [-0.3, -0.25) is 9.59 Å². The molecule has 0 aliphatic rings. The van der Waals surface area contributed by atoms with Crippen molar-refractivity contribution in [2.75, 3.05) is 16.4 Å². The van der Waals surface area contributed by atoms with Crippen LogP contribution in [-0.2, 0) is 11.0 Å². The molecule has 9 heteroatoms. The second-order valence-corrected chi connectivity index (χ2v) is 8.59. The van der Waals surface area contributed by atoms with Gasteiger partial charge in [0.2, 0.25) is 5.91 Å². The molecule has 0 fully saturated rings. The number of carbonyl (C=O) groups excluding carboxylic acids is 2. The summed E-state index contributed by atoms with van der Waals surface area (Å²) in [6, 6.07) is 21.4. The van der Waals surface area contributed by atoms with Crippen LogP contribution in [0.15, 0.2) is 89.8 Å². The number of nitrogens with one attached hydrogen (secondary N) is 2. The van der Waals surface area contributed by atoms with Gasteiger partial charge in [0, 0.05) is 10.6 Å². The first-order chi connectivity index (χ1) is 16.7. The van der Waals surface area contributed by atoms with E-state index >= 15 is 0 Å². The first kappa shape index (κ1) is 24.3. The van der Waals surface area contributed by atoms with Gasteiger partial charge >= 0.3 is 6.18 Å². The first-order valence-corrected chi connectivity index (χ1v) is 11.4. The minimum Gasteiger partial charge on any atom is -0.325 e. The number of thioether (sulfide) groups is 1. The molecule has 35 heavy (non-hydrogen) atoms. The third-order valence-electron chi connectivity index (χ3n) is 5.07. The van der Waals surface area contributed by atoms with E-state index in [1.165, 1.54) is 36.0 Å². The van der Waals surface area contributed by atoms with E-state index < -0.39 is 35.1 Å². The molecule has 4 aromatic rings. The summed E-state index contributed by atoms with van der Waals surface area (Å²) in [4.78, 5) is 25.5. The normalized spacial score (nSPS) is 11.3. The van der Waals surface area contributed by atoms with Crippen molar-refractivity contribution in [3.8, 4) is 0 Å². The molecule has 178 valence electrons. The number of alkyl halides is 3. The van der Waals surface area contributed by atoms with Gasteiger partial charge in [-0.05, 0) is 53.2 Å². The van der Waals surface area contributed by atoms with E-state index in [1.807, 2.05) is 42.5 Å². The molecule has 0 unspecified atom stereocenters. The van der Waals surface area contributed by atoms with Crippen LogP contribution in [-0.4, -0.2) is 17.6 Å². The number of rotatable bonds is 6. The van der Waals surface area contributed by atoms with E-state index in [0.717, 1.165) is 27.8 Å². The van der Waals surface area contributed by atoms with Gasteiger partial charge in [-0.25, -0.2) is 4.39 Å². The highest BCUT2D eigenvalue weighted by molar-refractivity contribution is 8.00. The molecular formula is C26H18F4N2O2S. The molecule has 0 heterocycles. The van der Waals surface area contributed by atoms with E-state index in [4.69, 9.17) is 0 Å². The Bertz CT molecular complexity index is 1410. The van der Waals surface area contributed by atoms with Gasteiger partial charge in [0.05, 0.1) is 22.6 Å². The van der Waals surface area contributed by atoms with Crippen molar-refractivity contribution in [1.29, 1.82) is 0 Å². The number of carbonyl (C=O) groups is 2. The summed E-state index contributed by atoms with van der Waals surface area (Å²) < 4.78 is 54.8. The van der Waals surface area contributed by atoms with Crippen molar-refractivity contribution < 1.29 is 27.2 Å². The fraction of sp³-hybridized carbons (Fsp3) is 0.0769. The number of amides is 2. The molecule has 0 saturated heterocycles. The van der Waals surface area contributed by atoms with E-state index in [0.29, 0.717) is 6.07 Å². The van der Waals surface area contributed by atoms with Crippen molar-refractivity contribution in [2.45, 2.75) is 11.1 Å². The number of hydrogen-bond donors (Lipinski definition) is 2. The largest absolute Gasteiger partial charge is 0.418 e. The van der Waals surface area contributed by atoms with E-state index in [2.05, 4.69) is 10.6 Å². The predicted molar refractivity (Wildman–Crippen MR) is 129 cm³/mol. The van der Waals surface area contributed by atoms with Crippen LogP contribution in [0, 0.1) is 5.82 Å². The highest BCUT2D eigenvalue weighted by atomic mass is 32.2. The lowest BCUT2D eigenvalue weighted by Gasteiger charge is -2.16. The molecule has 0 radical (unpaired) electrons. The Balaban J connectivity index is 1.46. The molecule has 0 saturated carbocycles. The third kappa shape index (κ3) is 5.99. The van der Waals surface area contributed by atoms with Crippen LogP contribution >= 0.6 is 11.8 Å². The Morgan fingerprint density at radius 3 is 2.26 bits per heavy atom. The average molecular weight is 499 g/mol. The lowest BCUT2D eigenvalue weighted by molar-refractivity contribution is -0.136. The van der Waals surface area contributed by atoms with E-state index in [-0.39, 0.29) is 17.0 Å². The molecule has 2 amide bonds. The lowest BCUT2D eigenvalue weighted by Crippen LogP contribution is -2.19. The summed E-state index contributed by atoms with van der Waals surface area (Å²) in [6.07, 6.45) is -4.80. The highest BCUT2D eigenvalue weighted by Crippen LogP contribution is 2.37. The lowest BCUT2D eigenvalue weighted by atomic mass is 10.1. The molecule has 0 bridgehead atoms. The molecule has 2 N–H and O–H groups in total. The topological polar surface area (TPSA) is 58.2 Å². The Labute approximate surface area is 202 Å². The number of hydrogen-bond acceptors (Lipinski definition) is 3. The minimum absolute atomic E-state index is 0.0958. The molecule has 0 aliphatic heterocycles. The molecule has 0 spiro atoms. The smallest absolute Gasteiger partial charge is 0.325 e. The molecule has 0 atom stereocenters. The van der Waals surface area contributed by atoms with Gasteiger partial charge in [0.25, 0.3) is 5.91 Å². The summed E-state index contributed by atoms with van der Waals surface area (Å²) in [7, 11) is 0. The monoisotopic (exact) mass is 498 g/mol. The van der Waals surface area contributed by atoms with Crippen molar-refractivity contribution in [3.05, 3.63) is 102 Å². The van der Waals surface area contributed by atoms with Gasteiger partial charge in [0.15, 0.2) is 0 Å². The zero-order chi connectivity index (χ0) is 25.0. The molecule has 4 rings (SSSR count). The standard InChI is InChI=1S/C26H18F4N2O2S/c27-22-8-4-3-7-20(22)25(34)31-18-10-12-23(21(14-18)26(28,29)30)32-24(33)15-35-19-11-9-16-5-1-2-6-17(16)13-19/h1-14H,15H2,(H,31,34)(H,32,33). The van der Waals surface area contributed by atoms with Crippen LogP contribution in [0.25, 0.3) is 10.8 Å². The summed E-state index contributed by atoms with van der Waals surface area (Å²) in [5.41, 5.74) is -2.06. The van der Waals surface area contributed by atoms with Gasteiger partial charge in [-0.15, -0.1) is 11.8 Å². The molecule has 0 aliphatic carbocycles. The second kappa shape index (κ2) is 10.2. The van der Waals surface area contributed by atoms with Gasteiger partial charge in [-0.1, -0.05) is 42.5 Å². The van der Waals surface area contributed by atoms with Crippen molar-refractivity contribution in [1.82, 2.24) is 0 Å². The predicted octanol–water partition coefficient (Wildman–Crippen LogP) is 6.98.